The summed E-state index contributed by atoms with van der Waals surface area (Å²) < 4.78 is 0. The van der Waals surface area contributed by atoms with E-state index in [0.717, 1.165) is 5.56 Å². The largest absolute Gasteiger partial charge is 0.409 e. The Morgan fingerprint density at radius 1 is 1.38 bits per heavy atom. The van der Waals surface area contributed by atoms with Crippen LogP contribution in [0.15, 0.2) is 29.4 Å². The summed E-state index contributed by atoms with van der Waals surface area (Å²) in [5.74, 6) is -0.454. The molecule has 86 valence electrons. The molecule has 1 rings (SSSR count). The van der Waals surface area contributed by atoms with Gasteiger partial charge in [0.1, 0.15) is 0 Å². The quantitative estimate of drug-likeness (QED) is 0.297. The third-order valence-corrected chi connectivity index (χ3v) is 2.39. The highest BCUT2D eigenvalue weighted by molar-refractivity contribution is 5.96. The maximum Gasteiger partial charge on any atom is 0.220 e. The first-order valence-corrected chi connectivity index (χ1v) is 4.90. The van der Waals surface area contributed by atoms with Crippen LogP contribution >= 0.6 is 0 Å². The minimum atomic E-state index is -0.319. The molecule has 5 nitrogen and oxygen atoms in total. The molecule has 0 aromatic heterocycles. The molecule has 0 saturated heterocycles. The number of oxime groups is 1. The SMILES string of the molecule is CC(Cc1ccc(/C(N)=N/O)cc1)C(N)=O. The molecule has 1 aromatic carbocycles. The zero-order valence-electron chi connectivity index (χ0n) is 9.05. The van der Waals surface area contributed by atoms with Crippen LogP contribution in [0.25, 0.3) is 0 Å². The molecular weight excluding hydrogens is 206 g/mol. The number of carbonyl (C=O) groups excluding carboxylic acids is 1. The fourth-order valence-electron chi connectivity index (χ4n) is 1.32. The molecule has 0 heterocycles. The summed E-state index contributed by atoms with van der Waals surface area (Å²) >= 11 is 0. The van der Waals surface area contributed by atoms with Crippen LogP contribution in [0, 0.1) is 5.92 Å². The molecule has 1 atom stereocenters. The fourth-order valence-corrected chi connectivity index (χ4v) is 1.32. The number of amidine groups is 1. The highest BCUT2D eigenvalue weighted by Gasteiger charge is 2.09. The third kappa shape index (κ3) is 2.98. The van der Waals surface area contributed by atoms with E-state index < -0.39 is 0 Å². The highest BCUT2D eigenvalue weighted by Crippen LogP contribution is 2.09. The van der Waals surface area contributed by atoms with Gasteiger partial charge in [-0.1, -0.05) is 36.3 Å². The number of nitrogens with zero attached hydrogens (tertiary/aromatic N) is 1. The van der Waals surface area contributed by atoms with Gasteiger partial charge in [-0.2, -0.15) is 0 Å². The molecule has 0 spiro atoms. The predicted octanol–water partition coefficient (Wildman–Crippen LogP) is 0.445. The second-order valence-electron chi connectivity index (χ2n) is 3.69. The number of nitrogens with two attached hydrogens (primary N) is 2. The van der Waals surface area contributed by atoms with E-state index in [4.69, 9.17) is 16.7 Å². The summed E-state index contributed by atoms with van der Waals surface area (Å²) in [6.45, 7) is 1.78. The maximum absolute atomic E-state index is 10.9. The van der Waals surface area contributed by atoms with Crippen LogP contribution in [0.4, 0.5) is 0 Å². The van der Waals surface area contributed by atoms with Gasteiger partial charge in [0.05, 0.1) is 0 Å². The Labute approximate surface area is 93.7 Å². The Morgan fingerprint density at radius 3 is 2.38 bits per heavy atom. The van der Waals surface area contributed by atoms with Crippen LogP contribution in [0.5, 0.6) is 0 Å². The lowest BCUT2D eigenvalue weighted by atomic mass is 9.99. The summed E-state index contributed by atoms with van der Waals surface area (Å²) in [4.78, 5) is 10.9. The molecule has 1 unspecified atom stereocenters. The van der Waals surface area contributed by atoms with Crippen molar-refractivity contribution in [2.45, 2.75) is 13.3 Å². The molecule has 5 heteroatoms. The minimum absolute atomic E-state index is 0.0644. The molecule has 5 N–H and O–H groups in total. The maximum atomic E-state index is 10.9. The smallest absolute Gasteiger partial charge is 0.220 e. The Hall–Kier alpha value is -2.04. The molecule has 1 aromatic rings. The average Bonchev–Trinajstić information content (AvgIpc) is 2.28. The number of carbonyl (C=O) groups is 1. The standard InChI is InChI=1S/C11H15N3O2/c1-7(11(13)15)6-8-2-4-9(5-3-8)10(12)14-16/h2-5,7,16H,6H2,1H3,(H2,12,14)(H2,13,15). The zero-order chi connectivity index (χ0) is 12.1. The molecule has 0 bridgehead atoms. The summed E-state index contributed by atoms with van der Waals surface area (Å²) in [7, 11) is 0. The van der Waals surface area contributed by atoms with Crippen molar-refractivity contribution < 1.29 is 10.0 Å². The first-order valence-electron chi connectivity index (χ1n) is 4.90. The van der Waals surface area contributed by atoms with Gasteiger partial charge in [-0.05, 0) is 12.0 Å². The summed E-state index contributed by atoms with van der Waals surface area (Å²) in [6.07, 6.45) is 0.589. The number of hydrogen-bond acceptors (Lipinski definition) is 3. The second kappa shape index (κ2) is 5.16. The van der Waals surface area contributed by atoms with Crippen LogP contribution in [0.2, 0.25) is 0 Å². The number of primary amides is 1. The molecule has 0 radical (unpaired) electrons. The van der Waals surface area contributed by atoms with E-state index in [1.807, 2.05) is 12.1 Å². The van der Waals surface area contributed by atoms with Crippen LogP contribution in [-0.4, -0.2) is 17.0 Å². The number of hydrogen-bond donors (Lipinski definition) is 3. The summed E-state index contributed by atoms with van der Waals surface area (Å²) in [6, 6.07) is 7.12. The summed E-state index contributed by atoms with van der Waals surface area (Å²) in [5.41, 5.74) is 12.2. The van der Waals surface area contributed by atoms with Crippen molar-refractivity contribution >= 4 is 11.7 Å². The zero-order valence-corrected chi connectivity index (χ0v) is 9.05. The van der Waals surface area contributed by atoms with Gasteiger partial charge in [0.15, 0.2) is 5.84 Å². The van der Waals surface area contributed by atoms with E-state index in [1.54, 1.807) is 19.1 Å². The Balaban J connectivity index is 2.76. The normalized spacial score (nSPS) is 13.4. The van der Waals surface area contributed by atoms with Crippen molar-refractivity contribution in [3.63, 3.8) is 0 Å². The van der Waals surface area contributed by atoms with E-state index in [2.05, 4.69) is 5.16 Å². The Kier molecular flexibility index (Phi) is 3.88. The molecule has 0 saturated carbocycles. The van der Waals surface area contributed by atoms with E-state index in [1.165, 1.54) is 0 Å². The third-order valence-electron chi connectivity index (χ3n) is 2.39. The van der Waals surface area contributed by atoms with E-state index in [-0.39, 0.29) is 17.7 Å². The van der Waals surface area contributed by atoms with Crippen molar-refractivity contribution in [3.05, 3.63) is 35.4 Å². The van der Waals surface area contributed by atoms with Gasteiger partial charge < -0.3 is 16.7 Å². The van der Waals surface area contributed by atoms with Gasteiger partial charge in [0.25, 0.3) is 0 Å². The monoisotopic (exact) mass is 221 g/mol. The first-order chi connectivity index (χ1) is 7.54. The Morgan fingerprint density at radius 2 is 1.94 bits per heavy atom. The number of benzene rings is 1. The van der Waals surface area contributed by atoms with Crippen LogP contribution in [0.3, 0.4) is 0 Å². The molecule has 0 aliphatic heterocycles. The van der Waals surface area contributed by atoms with Crippen molar-refractivity contribution in [1.29, 1.82) is 0 Å². The molecule has 0 fully saturated rings. The lowest BCUT2D eigenvalue weighted by Crippen LogP contribution is -2.22. The van der Waals surface area contributed by atoms with Crippen LogP contribution < -0.4 is 11.5 Å². The topological polar surface area (TPSA) is 102 Å². The molecule has 0 aliphatic carbocycles. The van der Waals surface area contributed by atoms with Gasteiger partial charge in [0.2, 0.25) is 5.91 Å². The fraction of sp³-hybridized carbons (Fsp3) is 0.273. The van der Waals surface area contributed by atoms with Crippen molar-refractivity contribution in [3.8, 4) is 0 Å². The Bertz CT molecular complexity index is 398. The average molecular weight is 221 g/mol. The van der Waals surface area contributed by atoms with Gasteiger partial charge in [-0.25, -0.2) is 0 Å². The van der Waals surface area contributed by atoms with Gasteiger partial charge in [-0.3, -0.25) is 4.79 Å². The predicted molar refractivity (Wildman–Crippen MR) is 61.0 cm³/mol. The van der Waals surface area contributed by atoms with E-state index in [9.17, 15) is 4.79 Å². The van der Waals surface area contributed by atoms with Gasteiger partial charge in [0, 0.05) is 11.5 Å². The second-order valence-corrected chi connectivity index (χ2v) is 3.69. The van der Waals surface area contributed by atoms with E-state index in [0.29, 0.717) is 12.0 Å². The van der Waals surface area contributed by atoms with Crippen molar-refractivity contribution in [2.75, 3.05) is 0 Å². The number of amides is 1. The van der Waals surface area contributed by atoms with Crippen LogP contribution in [0.1, 0.15) is 18.1 Å². The van der Waals surface area contributed by atoms with Crippen molar-refractivity contribution in [1.82, 2.24) is 0 Å². The lowest BCUT2D eigenvalue weighted by Gasteiger charge is -2.07. The lowest BCUT2D eigenvalue weighted by molar-refractivity contribution is -0.121. The summed E-state index contributed by atoms with van der Waals surface area (Å²) in [5, 5.41) is 11.4. The minimum Gasteiger partial charge on any atom is -0.409 e. The van der Waals surface area contributed by atoms with E-state index >= 15 is 0 Å². The van der Waals surface area contributed by atoms with Gasteiger partial charge >= 0.3 is 0 Å². The van der Waals surface area contributed by atoms with Crippen LogP contribution in [-0.2, 0) is 11.2 Å². The molecule has 1 amide bonds. The molecular formula is C11H15N3O2. The van der Waals surface area contributed by atoms with Crippen molar-refractivity contribution in [2.24, 2.45) is 22.5 Å². The molecule has 0 aliphatic rings. The van der Waals surface area contributed by atoms with Gasteiger partial charge in [-0.15, -0.1) is 0 Å². The highest BCUT2D eigenvalue weighted by atomic mass is 16.4. The first kappa shape index (κ1) is 12.0. The molecule has 16 heavy (non-hydrogen) atoms. The number of rotatable bonds is 4.